The molecule has 0 bridgehead atoms. The molecule has 0 saturated carbocycles. The van der Waals surface area contributed by atoms with Crippen molar-refractivity contribution in [3.05, 3.63) is 57.0 Å². The van der Waals surface area contributed by atoms with E-state index >= 15 is 0 Å². The molecule has 1 amide bonds. The van der Waals surface area contributed by atoms with Crippen LogP contribution < -0.4 is 20.2 Å². The van der Waals surface area contributed by atoms with Crippen molar-refractivity contribution in [3.63, 3.8) is 0 Å². The lowest BCUT2D eigenvalue weighted by atomic mass is 10.0. The maximum Gasteiger partial charge on any atom is 0.257 e. The summed E-state index contributed by atoms with van der Waals surface area (Å²) >= 11 is 0. The van der Waals surface area contributed by atoms with Crippen LogP contribution >= 0.6 is 0 Å². The second-order valence-electron chi connectivity index (χ2n) is 8.82. The van der Waals surface area contributed by atoms with Gasteiger partial charge in [-0.2, -0.15) is 0 Å². The smallest absolute Gasteiger partial charge is 0.257 e. The number of carbonyl (C=O) groups is 1. The van der Waals surface area contributed by atoms with Crippen molar-refractivity contribution in [2.45, 2.75) is 58.5 Å². The van der Waals surface area contributed by atoms with Crippen molar-refractivity contribution in [3.8, 4) is 11.5 Å². The molecular formula is C25H33N3O4. The zero-order valence-corrected chi connectivity index (χ0v) is 19.3. The molecule has 0 spiro atoms. The van der Waals surface area contributed by atoms with E-state index in [1.807, 2.05) is 25.1 Å². The molecule has 1 aromatic carbocycles. The molecule has 2 aliphatic rings. The van der Waals surface area contributed by atoms with Gasteiger partial charge in [-0.3, -0.25) is 9.59 Å². The van der Waals surface area contributed by atoms with E-state index in [9.17, 15) is 9.59 Å². The number of hydrogen-bond acceptors (Lipinski definition) is 5. The van der Waals surface area contributed by atoms with Gasteiger partial charge < -0.3 is 24.3 Å². The van der Waals surface area contributed by atoms with Gasteiger partial charge in [-0.05, 0) is 63.9 Å². The Morgan fingerprint density at radius 2 is 2.03 bits per heavy atom. The van der Waals surface area contributed by atoms with Crippen LogP contribution in [0.4, 0.5) is 0 Å². The van der Waals surface area contributed by atoms with Gasteiger partial charge in [-0.1, -0.05) is 19.4 Å². The number of amides is 1. The van der Waals surface area contributed by atoms with Crippen molar-refractivity contribution in [1.82, 2.24) is 14.8 Å². The van der Waals surface area contributed by atoms with Crippen molar-refractivity contribution >= 4 is 5.91 Å². The summed E-state index contributed by atoms with van der Waals surface area (Å²) in [7, 11) is 2.13. The number of benzene rings is 1. The first-order chi connectivity index (χ1) is 15.5. The average molecular weight is 440 g/mol. The van der Waals surface area contributed by atoms with Crippen LogP contribution in [0.1, 0.15) is 59.9 Å². The van der Waals surface area contributed by atoms with Crippen LogP contribution in [0.5, 0.6) is 11.5 Å². The molecule has 0 aliphatic carbocycles. The Hall–Kier alpha value is -2.80. The molecule has 1 fully saturated rings. The van der Waals surface area contributed by atoms with E-state index in [1.165, 1.54) is 12.8 Å². The fourth-order valence-corrected chi connectivity index (χ4v) is 4.80. The highest BCUT2D eigenvalue weighted by Crippen LogP contribution is 2.33. The average Bonchev–Trinajstić information content (AvgIpc) is 3.39. The number of aromatic nitrogens is 1. The topological polar surface area (TPSA) is 72.8 Å². The molecule has 1 saturated heterocycles. The number of nitrogens with zero attached hydrogens (tertiary/aromatic N) is 2. The minimum Gasteiger partial charge on any atom is -0.454 e. The Morgan fingerprint density at radius 3 is 2.78 bits per heavy atom. The predicted molar refractivity (Wildman–Crippen MR) is 124 cm³/mol. The third-order valence-electron chi connectivity index (χ3n) is 6.55. The predicted octanol–water partition coefficient (Wildman–Crippen LogP) is 3.10. The lowest BCUT2D eigenvalue weighted by molar-refractivity contribution is 0.0947. The molecule has 4 rings (SSSR count). The monoisotopic (exact) mass is 439 g/mol. The number of ether oxygens (including phenoxy) is 2. The first-order valence-electron chi connectivity index (χ1n) is 11.6. The summed E-state index contributed by atoms with van der Waals surface area (Å²) in [5.74, 6) is 1.21. The molecule has 1 unspecified atom stereocenters. The van der Waals surface area contributed by atoms with Gasteiger partial charge in [0.25, 0.3) is 5.91 Å². The summed E-state index contributed by atoms with van der Waals surface area (Å²) in [5, 5.41) is 3.02. The third kappa shape index (κ3) is 4.67. The number of rotatable bonds is 8. The Bertz CT molecular complexity index is 1050. The van der Waals surface area contributed by atoms with Crippen LogP contribution in [-0.4, -0.2) is 48.3 Å². The molecule has 7 nitrogen and oxygen atoms in total. The highest BCUT2D eigenvalue weighted by molar-refractivity contribution is 5.95. The second-order valence-corrected chi connectivity index (χ2v) is 8.82. The highest BCUT2D eigenvalue weighted by Gasteiger charge is 2.23. The maximum atomic E-state index is 13.1. The third-order valence-corrected chi connectivity index (χ3v) is 6.55. The minimum atomic E-state index is -0.265. The maximum absolute atomic E-state index is 13.1. The highest BCUT2D eigenvalue weighted by atomic mass is 16.7. The van der Waals surface area contributed by atoms with Crippen LogP contribution in [0.3, 0.4) is 0 Å². The van der Waals surface area contributed by atoms with Crippen molar-refractivity contribution in [2.75, 3.05) is 26.9 Å². The van der Waals surface area contributed by atoms with Gasteiger partial charge in [0, 0.05) is 36.6 Å². The molecule has 1 aromatic heterocycles. The van der Waals surface area contributed by atoms with E-state index in [1.54, 1.807) is 6.07 Å². The van der Waals surface area contributed by atoms with E-state index in [-0.39, 0.29) is 23.7 Å². The van der Waals surface area contributed by atoms with E-state index < -0.39 is 0 Å². The lowest BCUT2D eigenvalue weighted by Crippen LogP contribution is -2.35. The van der Waals surface area contributed by atoms with Crippen LogP contribution in [-0.2, 0) is 13.0 Å². The summed E-state index contributed by atoms with van der Waals surface area (Å²) in [6.07, 6.45) is 4.79. The Balaban J connectivity index is 1.57. The van der Waals surface area contributed by atoms with Gasteiger partial charge in [0.15, 0.2) is 16.9 Å². The number of pyridine rings is 1. The first kappa shape index (κ1) is 22.4. The van der Waals surface area contributed by atoms with E-state index in [0.717, 1.165) is 47.8 Å². The van der Waals surface area contributed by atoms with Gasteiger partial charge >= 0.3 is 0 Å². The zero-order valence-electron chi connectivity index (χ0n) is 19.3. The molecule has 32 heavy (non-hydrogen) atoms. The zero-order chi connectivity index (χ0) is 22.7. The Kier molecular flexibility index (Phi) is 6.84. The normalized spacial score (nSPS) is 17.7. The largest absolute Gasteiger partial charge is 0.454 e. The fraction of sp³-hybridized carbons (Fsp3) is 0.520. The number of likely N-dealkylation sites (tertiary alicyclic amines) is 1. The van der Waals surface area contributed by atoms with Gasteiger partial charge in [0.05, 0.1) is 0 Å². The lowest BCUT2D eigenvalue weighted by Gasteiger charge is -2.21. The fourth-order valence-electron chi connectivity index (χ4n) is 4.80. The summed E-state index contributed by atoms with van der Waals surface area (Å²) < 4.78 is 13.0. The van der Waals surface area contributed by atoms with Gasteiger partial charge in [-0.15, -0.1) is 0 Å². The van der Waals surface area contributed by atoms with E-state index in [4.69, 9.17) is 9.47 Å². The van der Waals surface area contributed by atoms with Gasteiger partial charge in [-0.25, -0.2) is 0 Å². The number of fused-ring (bicyclic) bond motifs is 1. The van der Waals surface area contributed by atoms with Crippen LogP contribution in [0.2, 0.25) is 0 Å². The van der Waals surface area contributed by atoms with Crippen LogP contribution in [0.15, 0.2) is 29.1 Å². The van der Waals surface area contributed by atoms with Crippen molar-refractivity contribution < 1.29 is 14.3 Å². The molecule has 1 atom stereocenters. The Morgan fingerprint density at radius 1 is 1.22 bits per heavy atom. The standard InChI is InChI=1S/C25H33N3O4/c1-4-6-20-24(25(30)26-11-10-19-7-5-12-27(19)3)21(29)13-17(2)28(20)15-18-8-9-22-23(14-18)32-16-31-22/h8-9,13-14,19H,4-7,10-12,15-16H2,1-3H3,(H,26,30). The molecule has 172 valence electrons. The summed E-state index contributed by atoms with van der Waals surface area (Å²) in [5.41, 5.74) is 2.75. The molecule has 0 radical (unpaired) electrons. The number of hydrogen-bond donors (Lipinski definition) is 1. The number of carbonyl (C=O) groups excluding carboxylic acids is 1. The van der Waals surface area contributed by atoms with Crippen molar-refractivity contribution in [1.29, 1.82) is 0 Å². The van der Waals surface area contributed by atoms with E-state index in [0.29, 0.717) is 25.6 Å². The molecule has 2 aromatic rings. The molecular weight excluding hydrogens is 406 g/mol. The van der Waals surface area contributed by atoms with Crippen LogP contribution in [0, 0.1) is 6.92 Å². The number of aryl methyl sites for hydroxylation is 1. The van der Waals surface area contributed by atoms with Gasteiger partial charge in [0.1, 0.15) is 5.56 Å². The van der Waals surface area contributed by atoms with Crippen LogP contribution in [0.25, 0.3) is 0 Å². The molecule has 1 N–H and O–H groups in total. The first-order valence-corrected chi connectivity index (χ1v) is 11.6. The molecule has 7 heteroatoms. The SMILES string of the molecule is CCCc1c(C(=O)NCCC2CCCN2C)c(=O)cc(C)n1Cc1ccc2c(c1)OCO2. The minimum absolute atomic E-state index is 0.205. The Labute approximate surface area is 189 Å². The second kappa shape index (κ2) is 9.77. The quantitative estimate of drug-likeness (QED) is 0.684. The van der Waals surface area contributed by atoms with Gasteiger partial charge in [0.2, 0.25) is 6.79 Å². The molecule has 2 aliphatic heterocycles. The summed E-state index contributed by atoms with van der Waals surface area (Å²) in [4.78, 5) is 28.3. The number of nitrogens with one attached hydrogen (secondary N) is 1. The molecule has 3 heterocycles. The van der Waals surface area contributed by atoms with E-state index in [2.05, 4.69) is 28.8 Å². The summed E-state index contributed by atoms with van der Waals surface area (Å²) in [6.45, 7) is 6.47. The summed E-state index contributed by atoms with van der Waals surface area (Å²) in [6, 6.07) is 7.95. The van der Waals surface area contributed by atoms with Crippen molar-refractivity contribution in [2.24, 2.45) is 0 Å².